The van der Waals surface area contributed by atoms with E-state index in [0.717, 1.165) is 0 Å². The molecule has 0 amide bonds. The summed E-state index contributed by atoms with van der Waals surface area (Å²) < 4.78 is 34.0. The van der Waals surface area contributed by atoms with E-state index in [-0.39, 0.29) is 0 Å². The van der Waals surface area contributed by atoms with Crippen LogP contribution in [0.5, 0.6) is 0 Å². The Morgan fingerprint density at radius 3 is 2.38 bits per heavy atom. The van der Waals surface area contributed by atoms with E-state index < -0.39 is 10.2 Å². The lowest BCUT2D eigenvalue weighted by Crippen LogP contribution is -2.68. The van der Waals surface area contributed by atoms with Gasteiger partial charge in [0.2, 0.25) is 6.33 Å². The van der Waals surface area contributed by atoms with Gasteiger partial charge in [-0.2, -0.15) is 0 Å². The molecular formula is C2H3ClN6O4. The summed E-state index contributed by atoms with van der Waals surface area (Å²) >= 11 is 0. The first-order valence-electron chi connectivity index (χ1n) is 2.51. The van der Waals surface area contributed by atoms with Crippen LogP contribution >= 0.6 is 0 Å². The van der Waals surface area contributed by atoms with Gasteiger partial charge in [0, 0.05) is 5.53 Å². The van der Waals surface area contributed by atoms with Gasteiger partial charge in [0.1, 0.15) is 0 Å². The van der Waals surface area contributed by atoms with E-state index >= 15 is 0 Å². The summed E-state index contributed by atoms with van der Waals surface area (Å²) in [4.78, 5) is 5.05. The first kappa shape index (κ1) is 11.6. The zero-order chi connectivity index (χ0) is 10.3. The molecule has 0 saturated heterocycles. The molecule has 10 nitrogen and oxygen atoms in total. The number of hydrogen-bond donors (Lipinski definition) is 1. The van der Waals surface area contributed by atoms with Crippen molar-refractivity contribution in [3.63, 3.8) is 0 Å². The van der Waals surface area contributed by atoms with Gasteiger partial charge in [0.15, 0.2) is 4.91 Å². The molecule has 11 heteroatoms. The minimum Gasteiger partial charge on any atom is -0.232 e. The SMILES string of the molecule is [N-]=[N+]=Nc1[nH]nc[nH+]1.[O-][Cl+3]([O-])([O-])[O-]. The van der Waals surface area contributed by atoms with Crippen molar-refractivity contribution in [3.05, 3.63) is 16.8 Å². The van der Waals surface area contributed by atoms with E-state index in [2.05, 4.69) is 25.2 Å². The standard InChI is InChI=1S/C2H2N6.ClHO4/c3-8-7-2-4-1-5-6-2;2-1(3,4)5/h1H,(H,4,5,6);(H,2,3,4,5). The van der Waals surface area contributed by atoms with Gasteiger partial charge in [-0.3, -0.25) is 0 Å². The van der Waals surface area contributed by atoms with E-state index in [1.807, 2.05) is 0 Å². The maximum atomic E-state index is 8.49. The van der Waals surface area contributed by atoms with Gasteiger partial charge in [-0.25, -0.2) is 23.6 Å². The Labute approximate surface area is 72.8 Å². The molecule has 0 radical (unpaired) electrons. The maximum absolute atomic E-state index is 8.49. The van der Waals surface area contributed by atoms with Crippen LogP contribution in [0.1, 0.15) is 0 Å². The van der Waals surface area contributed by atoms with Crippen LogP contribution in [-0.2, 0) is 0 Å². The molecular weight excluding hydrogens is 208 g/mol. The second-order valence-corrected chi connectivity index (χ2v) is 2.19. The molecule has 0 saturated carbocycles. The van der Waals surface area contributed by atoms with Gasteiger partial charge in [-0.15, -0.1) is 15.3 Å². The zero-order valence-corrected chi connectivity index (χ0v) is 6.63. The Kier molecular flexibility index (Phi) is 4.69. The van der Waals surface area contributed by atoms with Crippen molar-refractivity contribution in [2.45, 2.75) is 0 Å². The molecule has 72 valence electrons. The Morgan fingerprint density at radius 2 is 2.08 bits per heavy atom. The first-order valence-corrected chi connectivity index (χ1v) is 3.75. The van der Waals surface area contributed by atoms with Crippen LogP contribution in [0.25, 0.3) is 10.4 Å². The molecule has 0 bridgehead atoms. The molecule has 0 aromatic carbocycles. The van der Waals surface area contributed by atoms with Crippen molar-refractivity contribution in [1.29, 1.82) is 0 Å². The van der Waals surface area contributed by atoms with Gasteiger partial charge in [-0.1, -0.05) is 0 Å². The molecule has 0 atom stereocenters. The molecule has 1 heterocycles. The second kappa shape index (κ2) is 5.27. The van der Waals surface area contributed by atoms with Gasteiger partial charge in [-0.05, 0) is 5.10 Å². The monoisotopic (exact) mass is 210 g/mol. The van der Waals surface area contributed by atoms with Crippen molar-refractivity contribution in [2.24, 2.45) is 5.11 Å². The second-order valence-electron chi connectivity index (χ2n) is 1.43. The molecule has 0 aliphatic carbocycles. The smallest absolute Gasteiger partial charge is 0.232 e. The lowest BCUT2D eigenvalue weighted by Gasteiger charge is -2.17. The topological polar surface area (TPSA) is 184 Å². The van der Waals surface area contributed by atoms with Crippen LogP contribution in [0.3, 0.4) is 0 Å². The lowest BCUT2D eigenvalue weighted by molar-refractivity contribution is -2.00. The maximum Gasteiger partial charge on any atom is 0.463 e. The average molecular weight is 211 g/mol. The highest BCUT2D eigenvalue weighted by Crippen LogP contribution is 1.90. The van der Waals surface area contributed by atoms with E-state index in [0.29, 0.717) is 5.95 Å². The molecule has 1 aromatic heterocycles. The highest BCUT2D eigenvalue weighted by Gasteiger charge is 2.02. The summed E-state index contributed by atoms with van der Waals surface area (Å²) in [5, 5.41) is 9.08. The fraction of sp³-hybridized carbons (Fsp3) is 0. The first-order chi connectivity index (χ1) is 5.93. The van der Waals surface area contributed by atoms with E-state index in [1.54, 1.807) is 0 Å². The Morgan fingerprint density at radius 1 is 1.54 bits per heavy atom. The minimum absolute atomic E-state index is 0.313. The van der Waals surface area contributed by atoms with Crippen LogP contribution in [0, 0.1) is 10.2 Å². The van der Waals surface area contributed by atoms with Crippen molar-refractivity contribution in [2.75, 3.05) is 0 Å². The molecule has 1 aromatic rings. The number of hydrogen-bond acceptors (Lipinski definition) is 6. The molecule has 0 unspecified atom stereocenters. The average Bonchev–Trinajstić information content (AvgIpc) is 2.36. The number of H-pyrrole nitrogens is 2. The zero-order valence-electron chi connectivity index (χ0n) is 5.88. The number of aromatic amines is 2. The number of nitrogens with one attached hydrogen (secondary N) is 2. The number of halogens is 1. The van der Waals surface area contributed by atoms with Crippen LogP contribution in [0.4, 0.5) is 5.95 Å². The van der Waals surface area contributed by atoms with Gasteiger partial charge >= 0.3 is 5.95 Å². The van der Waals surface area contributed by atoms with Crippen molar-refractivity contribution < 1.29 is 33.9 Å². The Bertz CT molecular complexity index is 267. The molecule has 0 aliphatic rings. The van der Waals surface area contributed by atoms with Gasteiger partial charge < -0.3 is 0 Å². The third-order valence-corrected chi connectivity index (χ3v) is 0.581. The quantitative estimate of drug-likeness (QED) is 0.277. The number of aromatic nitrogens is 3. The minimum atomic E-state index is -4.94. The third kappa shape index (κ3) is 10.6. The van der Waals surface area contributed by atoms with E-state index in [9.17, 15) is 0 Å². The van der Waals surface area contributed by atoms with Gasteiger partial charge in [0.25, 0.3) is 5.11 Å². The summed E-state index contributed by atoms with van der Waals surface area (Å²) in [6, 6.07) is 0. The van der Waals surface area contributed by atoms with Crippen LogP contribution in [0.2, 0.25) is 0 Å². The number of nitrogens with zero attached hydrogens (tertiary/aromatic N) is 4. The fourth-order valence-corrected chi connectivity index (χ4v) is 0.315. The normalized spacial score (nSPS) is 9.54. The molecule has 0 spiro atoms. The predicted molar refractivity (Wildman–Crippen MR) is 23.9 cm³/mol. The highest BCUT2D eigenvalue weighted by molar-refractivity contribution is 4.97. The van der Waals surface area contributed by atoms with Crippen molar-refractivity contribution in [3.8, 4) is 0 Å². The van der Waals surface area contributed by atoms with Crippen LogP contribution in [0.15, 0.2) is 11.4 Å². The predicted octanol–water partition coefficient (Wildman–Crippen LogP) is -4.59. The number of rotatable bonds is 1. The Hall–Kier alpha value is -1.42. The largest absolute Gasteiger partial charge is 0.463 e. The molecule has 0 aliphatic heterocycles. The van der Waals surface area contributed by atoms with Crippen molar-refractivity contribution in [1.82, 2.24) is 10.2 Å². The van der Waals surface area contributed by atoms with E-state index in [1.165, 1.54) is 6.33 Å². The summed E-state index contributed by atoms with van der Waals surface area (Å²) in [5.74, 6) is 0.313. The molecule has 0 fully saturated rings. The lowest BCUT2D eigenvalue weighted by atomic mass is 11.1. The number of azide groups is 1. The highest BCUT2D eigenvalue weighted by atomic mass is 35.7. The van der Waals surface area contributed by atoms with Crippen LogP contribution in [-0.4, -0.2) is 10.2 Å². The van der Waals surface area contributed by atoms with Gasteiger partial charge in [0.05, 0.1) is 0 Å². The summed E-state index contributed by atoms with van der Waals surface area (Å²) in [5.41, 5.74) is 7.83. The molecule has 2 N–H and O–H groups in total. The third-order valence-electron chi connectivity index (χ3n) is 0.581. The molecule has 13 heavy (non-hydrogen) atoms. The summed E-state index contributed by atoms with van der Waals surface area (Å²) in [7, 11) is -4.94. The molecule has 1 rings (SSSR count). The van der Waals surface area contributed by atoms with E-state index in [4.69, 9.17) is 24.2 Å². The Balaban J connectivity index is 0.000000252. The van der Waals surface area contributed by atoms with Crippen molar-refractivity contribution >= 4 is 5.95 Å². The fourth-order valence-electron chi connectivity index (χ4n) is 0.315. The summed E-state index contributed by atoms with van der Waals surface area (Å²) in [6.07, 6.45) is 1.39. The summed E-state index contributed by atoms with van der Waals surface area (Å²) in [6.45, 7) is 0. The van der Waals surface area contributed by atoms with Crippen LogP contribution < -0.4 is 23.6 Å².